The largest absolute Gasteiger partial charge is 0.377 e. The van der Waals surface area contributed by atoms with Gasteiger partial charge in [0.15, 0.2) is 6.29 Å². The number of pyridine rings is 1. The lowest BCUT2D eigenvalue weighted by Crippen LogP contribution is -2.44. The van der Waals surface area contributed by atoms with Gasteiger partial charge in [0.05, 0.1) is 24.8 Å². The Morgan fingerprint density at radius 1 is 1.71 bits per heavy atom. The highest BCUT2D eigenvalue weighted by atomic mass is 127. The second-order valence-corrected chi connectivity index (χ2v) is 5.06. The Morgan fingerprint density at radius 2 is 2.47 bits per heavy atom. The zero-order chi connectivity index (χ0) is 12.4. The van der Waals surface area contributed by atoms with Gasteiger partial charge in [-0.3, -0.25) is 4.79 Å². The van der Waals surface area contributed by atoms with Crippen molar-refractivity contribution in [3.63, 3.8) is 0 Å². The Kier molecular flexibility index (Phi) is 3.93. The summed E-state index contributed by atoms with van der Waals surface area (Å²) in [4.78, 5) is 16.5. The van der Waals surface area contributed by atoms with Gasteiger partial charge in [-0.2, -0.15) is 4.39 Å². The lowest BCUT2D eigenvalue weighted by atomic mass is 10.2. The smallest absolute Gasteiger partial charge is 0.226 e. The molecule has 2 heterocycles. The standard InChI is InChI=1S/C11H12FIN2O2/c1-7-6-17-3-2-15(7)10-4-9(13)8(5-16)11(12)14-10/h4-5,7H,2-3,6H2,1H3/t7-/m1/s1. The van der Waals surface area contributed by atoms with E-state index in [0.717, 1.165) is 0 Å². The maximum atomic E-state index is 13.6. The van der Waals surface area contributed by atoms with E-state index in [1.165, 1.54) is 0 Å². The SMILES string of the molecule is C[C@@H]1COCCN1c1cc(I)c(C=O)c(F)n1. The van der Waals surface area contributed by atoms with Gasteiger partial charge in [0.25, 0.3) is 0 Å². The van der Waals surface area contributed by atoms with Crippen LogP contribution in [0.3, 0.4) is 0 Å². The van der Waals surface area contributed by atoms with Crippen LogP contribution < -0.4 is 4.90 Å². The first kappa shape index (κ1) is 12.7. The maximum Gasteiger partial charge on any atom is 0.226 e. The van der Waals surface area contributed by atoms with Gasteiger partial charge in [0.2, 0.25) is 5.95 Å². The predicted octanol–water partition coefficient (Wildman–Crippen LogP) is 1.86. The molecule has 0 aromatic carbocycles. The van der Waals surface area contributed by atoms with Crippen LogP contribution in [0.5, 0.6) is 0 Å². The molecule has 2 rings (SSSR count). The molecule has 0 N–H and O–H groups in total. The minimum absolute atomic E-state index is 0.0234. The molecule has 1 aliphatic rings. The Hall–Kier alpha value is -0.760. The predicted molar refractivity (Wildman–Crippen MR) is 69.9 cm³/mol. The first-order valence-corrected chi connectivity index (χ1v) is 6.37. The molecule has 1 atom stereocenters. The van der Waals surface area contributed by atoms with Crippen LogP contribution in [0.1, 0.15) is 17.3 Å². The summed E-state index contributed by atoms with van der Waals surface area (Å²) in [6.07, 6.45) is 0.497. The van der Waals surface area contributed by atoms with Gasteiger partial charge in [-0.1, -0.05) is 0 Å². The van der Waals surface area contributed by atoms with E-state index in [-0.39, 0.29) is 11.6 Å². The fourth-order valence-corrected chi connectivity index (χ4v) is 2.43. The molecule has 1 aromatic heterocycles. The van der Waals surface area contributed by atoms with Crippen LogP contribution in [0.25, 0.3) is 0 Å². The molecule has 0 spiro atoms. The molecule has 0 bridgehead atoms. The molecule has 1 aliphatic heterocycles. The monoisotopic (exact) mass is 350 g/mol. The van der Waals surface area contributed by atoms with E-state index in [2.05, 4.69) is 4.98 Å². The fourth-order valence-electron chi connectivity index (χ4n) is 1.80. The van der Waals surface area contributed by atoms with E-state index in [9.17, 15) is 9.18 Å². The quantitative estimate of drug-likeness (QED) is 0.464. The minimum Gasteiger partial charge on any atom is -0.377 e. The van der Waals surface area contributed by atoms with Crippen LogP contribution in [-0.2, 0) is 4.74 Å². The molecule has 92 valence electrons. The Morgan fingerprint density at radius 3 is 3.06 bits per heavy atom. The topological polar surface area (TPSA) is 42.4 Å². The van der Waals surface area contributed by atoms with Gasteiger partial charge in [-0.25, -0.2) is 4.98 Å². The molecule has 4 nitrogen and oxygen atoms in total. The first-order chi connectivity index (χ1) is 8.13. The number of aromatic nitrogens is 1. The van der Waals surface area contributed by atoms with Crippen molar-refractivity contribution in [1.82, 2.24) is 4.98 Å². The highest BCUT2D eigenvalue weighted by Gasteiger charge is 2.22. The fraction of sp³-hybridized carbons (Fsp3) is 0.455. The summed E-state index contributed by atoms with van der Waals surface area (Å²) in [6, 6.07) is 1.89. The van der Waals surface area contributed by atoms with Crippen molar-refractivity contribution in [3.05, 3.63) is 21.1 Å². The summed E-state index contributed by atoms with van der Waals surface area (Å²) in [5.74, 6) is -0.145. The number of anilines is 1. The van der Waals surface area contributed by atoms with Crippen LogP contribution in [-0.4, -0.2) is 37.1 Å². The van der Waals surface area contributed by atoms with Gasteiger partial charge in [-0.15, -0.1) is 0 Å². The van der Waals surface area contributed by atoms with Crippen molar-refractivity contribution in [3.8, 4) is 0 Å². The Balaban J connectivity index is 2.35. The number of carbonyl (C=O) groups is 1. The normalized spacial score (nSPS) is 20.4. The van der Waals surface area contributed by atoms with Gasteiger partial charge >= 0.3 is 0 Å². The summed E-state index contributed by atoms with van der Waals surface area (Å²) in [7, 11) is 0. The summed E-state index contributed by atoms with van der Waals surface area (Å²) in [6.45, 7) is 3.90. The lowest BCUT2D eigenvalue weighted by Gasteiger charge is -2.34. The van der Waals surface area contributed by atoms with Crippen molar-refractivity contribution >= 4 is 34.7 Å². The van der Waals surface area contributed by atoms with Crippen LogP contribution in [0.15, 0.2) is 6.07 Å². The molecule has 0 unspecified atom stereocenters. The number of carbonyl (C=O) groups excluding carboxylic acids is 1. The number of aldehydes is 1. The Bertz CT molecular complexity index is 418. The number of rotatable bonds is 2. The van der Waals surface area contributed by atoms with Crippen molar-refractivity contribution in [2.45, 2.75) is 13.0 Å². The summed E-state index contributed by atoms with van der Waals surface area (Å²) in [5.41, 5.74) is 0.0234. The van der Waals surface area contributed by atoms with Crippen LogP contribution in [0.2, 0.25) is 0 Å². The molecule has 0 aliphatic carbocycles. The van der Waals surface area contributed by atoms with Gasteiger partial charge < -0.3 is 9.64 Å². The van der Waals surface area contributed by atoms with E-state index in [0.29, 0.717) is 35.4 Å². The van der Waals surface area contributed by atoms with Crippen molar-refractivity contribution < 1.29 is 13.9 Å². The molecular weight excluding hydrogens is 338 g/mol. The molecule has 1 saturated heterocycles. The number of hydrogen-bond acceptors (Lipinski definition) is 4. The zero-order valence-corrected chi connectivity index (χ0v) is 11.5. The molecule has 0 radical (unpaired) electrons. The van der Waals surface area contributed by atoms with Gasteiger partial charge in [0.1, 0.15) is 5.82 Å². The summed E-state index contributed by atoms with van der Waals surface area (Å²) in [5, 5.41) is 0. The minimum atomic E-state index is -0.708. The number of nitrogens with zero attached hydrogens (tertiary/aromatic N) is 2. The van der Waals surface area contributed by atoms with Crippen LogP contribution in [0, 0.1) is 9.52 Å². The lowest BCUT2D eigenvalue weighted by molar-refractivity contribution is 0.0984. The molecule has 1 aromatic rings. The third kappa shape index (κ3) is 2.57. The molecule has 17 heavy (non-hydrogen) atoms. The van der Waals surface area contributed by atoms with Crippen LogP contribution >= 0.6 is 22.6 Å². The summed E-state index contributed by atoms with van der Waals surface area (Å²) < 4.78 is 19.5. The number of hydrogen-bond donors (Lipinski definition) is 0. The third-order valence-electron chi connectivity index (χ3n) is 2.73. The molecule has 0 amide bonds. The van der Waals surface area contributed by atoms with Crippen LogP contribution in [0.4, 0.5) is 10.2 Å². The van der Waals surface area contributed by atoms with Gasteiger partial charge in [-0.05, 0) is 35.6 Å². The second-order valence-electron chi connectivity index (χ2n) is 3.90. The highest BCUT2D eigenvalue weighted by molar-refractivity contribution is 14.1. The average molecular weight is 350 g/mol. The second kappa shape index (κ2) is 5.26. The molecule has 6 heteroatoms. The van der Waals surface area contributed by atoms with E-state index < -0.39 is 5.95 Å². The highest BCUT2D eigenvalue weighted by Crippen LogP contribution is 2.22. The molecular formula is C11H12FIN2O2. The van der Waals surface area contributed by atoms with Crippen molar-refractivity contribution in [2.75, 3.05) is 24.7 Å². The summed E-state index contributed by atoms with van der Waals surface area (Å²) >= 11 is 1.95. The van der Waals surface area contributed by atoms with E-state index in [1.807, 2.05) is 34.4 Å². The Labute approximate surface area is 112 Å². The molecule has 1 fully saturated rings. The zero-order valence-electron chi connectivity index (χ0n) is 9.32. The maximum absolute atomic E-state index is 13.6. The van der Waals surface area contributed by atoms with Crippen molar-refractivity contribution in [1.29, 1.82) is 0 Å². The third-order valence-corrected chi connectivity index (χ3v) is 3.62. The number of morpholine rings is 1. The number of ether oxygens (including phenoxy) is 1. The average Bonchev–Trinajstić information content (AvgIpc) is 2.29. The van der Waals surface area contributed by atoms with E-state index in [4.69, 9.17) is 4.74 Å². The first-order valence-electron chi connectivity index (χ1n) is 5.29. The molecule has 0 saturated carbocycles. The van der Waals surface area contributed by atoms with E-state index in [1.54, 1.807) is 6.07 Å². The van der Waals surface area contributed by atoms with Gasteiger partial charge in [0, 0.05) is 10.1 Å². The van der Waals surface area contributed by atoms with E-state index >= 15 is 0 Å². The van der Waals surface area contributed by atoms with Crippen molar-refractivity contribution in [2.24, 2.45) is 0 Å². The number of halogens is 2.